The van der Waals surface area contributed by atoms with Crippen LogP contribution in [-0.4, -0.2) is 25.6 Å². The van der Waals surface area contributed by atoms with Gasteiger partial charge >= 0.3 is 0 Å². The maximum Gasteiger partial charge on any atom is 0.133 e. The van der Waals surface area contributed by atoms with E-state index in [1.165, 1.54) is 24.0 Å². The number of pyridine rings is 1. The lowest BCUT2D eigenvalue weighted by atomic mass is 10.1. The molecule has 1 N–H and O–H groups in total. The van der Waals surface area contributed by atoms with Crippen molar-refractivity contribution in [3.05, 3.63) is 22.9 Å². The van der Waals surface area contributed by atoms with Crippen LogP contribution in [0, 0.1) is 13.8 Å². The Labute approximate surface area is 105 Å². The van der Waals surface area contributed by atoms with E-state index in [0.717, 1.165) is 24.6 Å². The van der Waals surface area contributed by atoms with Crippen LogP contribution in [0.25, 0.3) is 0 Å². The molecule has 0 saturated carbocycles. The summed E-state index contributed by atoms with van der Waals surface area (Å²) in [6.45, 7) is 8.40. The molecule has 0 aliphatic carbocycles. The highest BCUT2D eigenvalue weighted by Crippen LogP contribution is 2.21. The normalized spacial score (nSPS) is 10.6. The molecule has 3 heteroatoms. The average molecular weight is 235 g/mol. The van der Waals surface area contributed by atoms with Crippen molar-refractivity contribution in [1.82, 2.24) is 10.3 Å². The number of aryl methyl sites for hydroxylation is 2. The fraction of sp³-hybridized carbons (Fsp3) is 0.643. The Morgan fingerprint density at radius 2 is 2.06 bits per heavy atom. The van der Waals surface area contributed by atoms with Gasteiger partial charge in [-0.3, -0.25) is 0 Å². The van der Waals surface area contributed by atoms with Crippen molar-refractivity contribution in [2.45, 2.75) is 40.2 Å². The lowest BCUT2D eigenvalue weighted by molar-refractivity contribution is 0.741. The molecule has 17 heavy (non-hydrogen) atoms. The minimum atomic E-state index is 0.880. The van der Waals surface area contributed by atoms with Crippen molar-refractivity contribution in [2.24, 2.45) is 0 Å². The lowest BCUT2D eigenvalue weighted by Crippen LogP contribution is -2.23. The SMILES string of the molecule is CCCCN(C)c1nc(C)cc(C)c1CNC. The molecule has 0 amide bonds. The van der Waals surface area contributed by atoms with E-state index >= 15 is 0 Å². The molecule has 1 aromatic rings. The summed E-state index contributed by atoms with van der Waals surface area (Å²) in [4.78, 5) is 6.97. The summed E-state index contributed by atoms with van der Waals surface area (Å²) >= 11 is 0. The molecule has 3 nitrogen and oxygen atoms in total. The summed E-state index contributed by atoms with van der Waals surface area (Å²) in [6.07, 6.45) is 2.43. The Morgan fingerprint density at radius 1 is 1.35 bits per heavy atom. The third-order valence-corrected chi connectivity index (χ3v) is 3.02. The first-order valence-corrected chi connectivity index (χ1v) is 6.43. The summed E-state index contributed by atoms with van der Waals surface area (Å²) in [7, 11) is 4.12. The van der Waals surface area contributed by atoms with Gasteiger partial charge in [0.15, 0.2) is 0 Å². The highest BCUT2D eigenvalue weighted by Gasteiger charge is 2.11. The fourth-order valence-electron chi connectivity index (χ4n) is 2.06. The molecule has 0 saturated heterocycles. The molecular weight excluding hydrogens is 210 g/mol. The molecule has 1 rings (SSSR count). The van der Waals surface area contributed by atoms with E-state index in [-0.39, 0.29) is 0 Å². The van der Waals surface area contributed by atoms with E-state index in [0.29, 0.717) is 0 Å². The Bertz CT molecular complexity index is 361. The van der Waals surface area contributed by atoms with Crippen molar-refractivity contribution in [3.8, 4) is 0 Å². The maximum atomic E-state index is 4.69. The second-order valence-electron chi connectivity index (χ2n) is 4.69. The first kappa shape index (κ1) is 14.0. The van der Waals surface area contributed by atoms with Gasteiger partial charge in [0, 0.05) is 31.4 Å². The van der Waals surface area contributed by atoms with Crippen molar-refractivity contribution in [2.75, 3.05) is 25.5 Å². The standard InChI is InChI=1S/C14H25N3/c1-6-7-8-17(5)14-13(10-15-4)11(2)9-12(3)16-14/h9,15H,6-8,10H2,1-5H3. The van der Waals surface area contributed by atoms with E-state index in [2.05, 4.69) is 44.1 Å². The highest BCUT2D eigenvalue weighted by molar-refractivity contribution is 5.51. The van der Waals surface area contributed by atoms with Crippen molar-refractivity contribution in [3.63, 3.8) is 0 Å². The third-order valence-electron chi connectivity index (χ3n) is 3.02. The topological polar surface area (TPSA) is 28.2 Å². The smallest absolute Gasteiger partial charge is 0.133 e. The number of nitrogens with zero attached hydrogens (tertiary/aromatic N) is 2. The van der Waals surface area contributed by atoms with Gasteiger partial charge in [-0.1, -0.05) is 13.3 Å². The molecule has 0 atom stereocenters. The molecule has 0 fully saturated rings. The Hall–Kier alpha value is -1.09. The van der Waals surface area contributed by atoms with Gasteiger partial charge in [0.25, 0.3) is 0 Å². The minimum absolute atomic E-state index is 0.880. The van der Waals surface area contributed by atoms with Gasteiger partial charge in [0.2, 0.25) is 0 Å². The van der Waals surface area contributed by atoms with Crippen LogP contribution in [-0.2, 0) is 6.54 Å². The molecule has 0 bridgehead atoms. The van der Waals surface area contributed by atoms with E-state index in [1.807, 2.05) is 7.05 Å². The molecular formula is C14H25N3. The predicted molar refractivity (Wildman–Crippen MR) is 74.7 cm³/mol. The monoisotopic (exact) mass is 235 g/mol. The largest absolute Gasteiger partial charge is 0.359 e. The Balaban J connectivity index is 3.01. The van der Waals surface area contributed by atoms with Gasteiger partial charge in [-0.2, -0.15) is 0 Å². The predicted octanol–water partition coefficient (Wildman–Crippen LogP) is 2.65. The van der Waals surface area contributed by atoms with Crippen LogP contribution in [0.5, 0.6) is 0 Å². The quantitative estimate of drug-likeness (QED) is 0.821. The zero-order valence-electron chi connectivity index (χ0n) is 11.8. The van der Waals surface area contributed by atoms with Crippen LogP contribution < -0.4 is 10.2 Å². The summed E-state index contributed by atoms with van der Waals surface area (Å²) < 4.78 is 0. The molecule has 0 spiro atoms. The van der Waals surface area contributed by atoms with Crippen molar-refractivity contribution >= 4 is 5.82 Å². The van der Waals surface area contributed by atoms with Crippen LogP contribution in [0.1, 0.15) is 36.6 Å². The molecule has 0 aliphatic heterocycles. The first-order valence-electron chi connectivity index (χ1n) is 6.43. The number of aromatic nitrogens is 1. The second kappa shape index (κ2) is 6.60. The average Bonchev–Trinajstić information content (AvgIpc) is 2.29. The number of anilines is 1. The molecule has 0 aromatic carbocycles. The summed E-state index contributed by atoms with van der Waals surface area (Å²) in [5.74, 6) is 1.13. The van der Waals surface area contributed by atoms with Gasteiger partial charge < -0.3 is 10.2 Å². The zero-order valence-corrected chi connectivity index (χ0v) is 11.8. The van der Waals surface area contributed by atoms with Crippen LogP contribution in [0.2, 0.25) is 0 Å². The van der Waals surface area contributed by atoms with Gasteiger partial charge in [-0.15, -0.1) is 0 Å². The summed E-state index contributed by atoms with van der Waals surface area (Å²) in [5, 5.41) is 3.23. The van der Waals surface area contributed by atoms with E-state index in [1.54, 1.807) is 0 Å². The van der Waals surface area contributed by atoms with Gasteiger partial charge in [-0.25, -0.2) is 4.98 Å². The third kappa shape index (κ3) is 3.70. The van der Waals surface area contributed by atoms with E-state index in [4.69, 9.17) is 4.98 Å². The lowest BCUT2D eigenvalue weighted by Gasteiger charge is -2.23. The summed E-state index contributed by atoms with van der Waals surface area (Å²) in [5.41, 5.74) is 3.74. The molecule has 0 aliphatic rings. The number of unbranched alkanes of at least 4 members (excludes halogenated alkanes) is 1. The number of hydrogen-bond donors (Lipinski definition) is 1. The molecule has 1 aromatic heterocycles. The van der Waals surface area contributed by atoms with Crippen LogP contribution >= 0.6 is 0 Å². The van der Waals surface area contributed by atoms with E-state index < -0.39 is 0 Å². The molecule has 1 heterocycles. The Kier molecular flexibility index (Phi) is 5.42. The number of hydrogen-bond acceptors (Lipinski definition) is 3. The molecule has 96 valence electrons. The van der Waals surface area contributed by atoms with Gasteiger partial charge in [0.1, 0.15) is 5.82 Å². The minimum Gasteiger partial charge on any atom is -0.359 e. The number of rotatable bonds is 6. The maximum absolute atomic E-state index is 4.69. The Morgan fingerprint density at radius 3 is 2.65 bits per heavy atom. The van der Waals surface area contributed by atoms with Crippen LogP contribution in [0.15, 0.2) is 6.07 Å². The second-order valence-corrected chi connectivity index (χ2v) is 4.69. The fourth-order valence-corrected chi connectivity index (χ4v) is 2.06. The van der Waals surface area contributed by atoms with Gasteiger partial charge in [-0.05, 0) is 38.9 Å². The molecule has 0 unspecified atom stereocenters. The molecule has 0 radical (unpaired) electrons. The summed E-state index contributed by atoms with van der Waals surface area (Å²) in [6, 6.07) is 2.16. The van der Waals surface area contributed by atoms with E-state index in [9.17, 15) is 0 Å². The van der Waals surface area contributed by atoms with Crippen molar-refractivity contribution in [1.29, 1.82) is 0 Å². The van der Waals surface area contributed by atoms with Crippen molar-refractivity contribution < 1.29 is 0 Å². The van der Waals surface area contributed by atoms with Crippen LogP contribution in [0.3, 0.4) is 0 Å². The number of nitrogens with one attached hydrogen (secondary N) is 1. The zero-order chi connectivity index (χ0) is 12.8. The highest BCUT2D eigenvalue weighted by atomic mass is 15.2. The van der Waals surface area contributed by atoms with Gasteiger partial charge in [0.05, 0.1) is 0 Å². The van der Waals surface area contributed by atoms with Crippen LogP contribution in [0.4, 0.5) is 5.82 Å². The first-order chi connectivity index (χ1) is 8.10.